The average molecular weight is 274 g/mol. The highest BCUT2D eigenvalue weighted by Gasteiger charge is 2.19. The third kappa shape index (κ3) is 13.6. The first-order chi connectivity index (χ1) is 8.85. The first-order valence-electron chi connectivity index (χ1n) is 7.49. The highest BCUT2D eigenvalue weighted by Crippen LogP contribution is 2.06. The van der Waals surface area contributed by atoms with E-state index in [1.807, 2.05) is 21.1 Å². The van der Waals surface area contributed by atoms with Crippen LogP contribution in [0.2, 0.25) is 0 Å². The van der Waals surface area contributed by atoms with Crippen LogP contribution >= 0.6 is 0 Å². The van der Waals surface area contributed by atoms with Crippen molar-refractivity contribution in [3.8, 4) is 0 Å². The zero-order valence-electron chi connectivity index (χ0n) is 13.2. The molecule has 0 aliphatic carbocycles. The Morgan fingerprint density at radius 2 is 1.68 bits per heavy atom. The molecule has 0 aliphatic heterocycles. The fourth-order valence-electron chi connectivity index (χ4n) is 2.02. The maximum atomic E-state index is 11.5. The van der Waals surface area contributed by atoms with Crippen molar-refractivity contribution in [2.45, 2.75) is 58.0 Å². The Morgan fingerprint density at radius 3 is 2.26 bits per heavy atom. The van der Waals surface area contributed by atoms with Gasteiger partial charge in [-0.3, -0.25) is 4.79 Å². The SMILES string of the molecule is CCCCCCCCOC(=O)CC(O)C[N+](C)(C)C. The summed E-state index contributed by atoms with van der Waals surface area (Å²) in [6, 6.07) is 0. The normalized spacial score (nSPS) is 13.3. The second kappa shape index (κ2) is 10.2. The summed E-state index contributed by atoms with van der Waals surface area (Å²) in [6.45, 7) is 3.25. The molecular weight excluding hydrogens is 242 g/mol. The molecule has 0 heterocycles. The Labute approximate surface area is 118 Å². The number of ether oxygens (including phenoxy) is 1. The number of rotatable bonds is 11. The van der Waals surface area contributed by atoms with Crippen molar-refractivity contribution in [1.29, 1.82) is 0 Å². The van der Waals surface area contributed by atoms with E-state index in [-0.39, 0.29) is 12.4 Å². The molecule has 114 valence electrons. The number of hydrogen-bond donors (Lipinski definition) is 1. The van der Waals surface area contributed by atoms with Crippen LogP contribution in [0, 0.1) is 0 Å². The summed E-state index contributed by atoms with van der Waals surface area (Å²) < 4.78 is 5.77. The quantitative estimate of drug-likeness (QED) is 0.357. The van der Waals surface area contributed by atoms with E-state index < -0.39 is 6.10 Å². The van der Waals surface area contributed by atoms with Crippen molar-refractivity contribution in [1.82, 2.24) is 0 Å². The molecule has 4 nitrogen and oxygen atoms in total. The summed E-state index contributed by atoms with van der Waals surface area (Å²) in [6.07, 6.45) is 6.57. The standard InChI is InChI=1S/C15H32NO3/c1-5-6-7-8-9-10-11-19-15(18)12-14(17)13-16(2,3)4/h14,17H,5-13H2,1-4H3/q+1. The van der Waals surface area contributed by atoms with E-state index >= 15 is 0 Å². The van der Waals surface area contributed by atoms with Crippen molar-refractivity contribution in [2.75, 3.05) is 34.3 Å². The Kier molecular flexibility index (Phi) is 9.88. The zero-order valence-corrected chi connectivity index (χ0v) is 13.2. The molecule has 0 bridgehead atoms. The Morgan fingerprint density at radius 1 is 1.11 bits per heavy atom. The third-order valence-electron chi connectivity index (χ3n) is 2.92. The molecule has 0 aromatic rings. The second-order valence-corrected chi connectivity index (χ2v) is 6.32. The van der Waals surface area contributed by atoms with Gasteiger partial charge < -0.3 is 14.3 Å². The van der Waals surface area contributed by atoms with E-state index in [2.05, 4.69) is 6.92 Å². The van der Waals surface area contributed by atoms with Gasteiger partial charge in [0.2, 0.25) is 0 Å². The van der Waals surface area contributed by atoms with Gasteiger partial charge in [0.1, 0.15) is 12.6 Å². The number of carbonyl (C=O) groups is 1. The smallest absolute Gasteiger partial charge is 0.308 e. The summed E-state index contributed by atoms with van der Waals surface area (Å²) in [7, 11) is 5.97. The van der Waals surface area contributed by atoms with Crippen LogP contribution in [0.25, 0.3) is 0 Å². The van der Waals surface area contributed by atoms with Crippen molar-refractivity contribution in [3.05, 3.63) is 0 Å². The van der Waals surface area contributed by atoms with Gasteiger partial charge in [0.05, 0.1) is 34.2 Å². The minimum atomic E-state index is -0.614. The van der Waals surface area contributed by atoms with E-state index in [0.29, 0.717) is 17.6 Å². The van der Waals surface area contributed by atoms with Crippen molar-refractivity contribution in [2.24, 2.45) is 0 Å². The van der Waals surface area contributed by atoms with Crippen molar-refractivity contribution < 1.29 is 19.1 Å². The van der Waals surface area contributed by atoms with Gasteiger partial charge in [-0.2, -0.15) is 0 Å². The lowest BCUT2D eigenvalue weighted by molar-refractivity contribution is -0.873. The predicted molar refractivity (Wildman–Crippen MR) is 77.9 cm³/mol. The fourth-order valence-corrected chi connectivity index (χ4v) is 2.02. The topological polar surface area (TPSA) is 46.5 Å². The summed E-state index contributed by atoms with van der Waals surface area (Å²) >= 11 is 0. The molecule has 0 aromatic carbocycles. The average Bonchev–Trinajstić information content (AvgIpc) is 2.25. The highest BCUT2D eigenvalue weighted by atomic mass is 16.5. The van der Waals surface area contributed by atoms with E-state index in [0.717, 1.165) is 12.8 Å². The minimum absolute atomic E-state index is 0.103. The van der Waals surface area contributed by atoms with Gasteiger partial charge in [-0.15, -0.1) is 0 Å². The maximum absolute atomic E-state index is 11.5. The van der Waals surface area contributed by atoms with Gasteiger partial charge in [-0.05, 0) is 6.42 Å². The molecule has 0 aromatic heterocycles. The van der Waals surface area contributed by atoms with Crippen molar-refractivity contribution in [3.63, 3.8) is 0 Å². The van der Waals surface area contributed by atoms with E-state index in [1.165, 1.54) is 25.7 Å². The van der Waals surface area contributed by atoms with Crippen LogP contribution < -0.4 is 0 Å². The molecule has 0 saturated heterocycles. The number of esters is 1. The van der Waals surface area contributed by atoms with Crippen molar-refractivity contribution >= 4 is 5.97 Å². The van der Waals surface area contributed by atoms with E-state index in [9.17, 15) is 9.90 Å². The molecule has 1 N–H and O–H groups in total. The Hall–Kier alpha value is -0.610. The highest BCUT2D eigenvalue weighted by molar-refractivity contribution is 5.69. The zero-order chi connectivity index (χ0) is 14.7. The summed E-state index contributed by atoms with van der Waals surface area (Å²) in [4.78, 5) is 11.5. The Balaban J connectivity index is 3.49. The lowest BCUT2D eigenvalue weighted by Crippen LogP contribution is -2.42. The van der Waals surface area contributed by atoms with Crippen LogP contribution in [-0.2, 0) is 9.53 Å². The number of aliphatic hydroxyl groups excluding tert-OH is 1. The van der Waals surface area contributed by atoms with Gasteiger partial charge >= 0.3 is 5.97 Å². The molecule has 0 saturated carbocycles. The number of hydrogen-bond acceptors (Lipinski definition) is 3. The summed E-state index contributed by atoms with van der Waals surface area (Å²) in [5.74, 6) is -0.283. The molecule has 0 fully saturated rings. The number of nitrogens with zero attached hydrogens (tertiary/aromatic N) is 1. The molecule has 0 amide bonds. The van der Waals surface area contributed by atoms with Gasteiger partial charge in [0.25, 0.3) is 0 Å². The van der Waals surface area contributed by atoms with Crippen LogP contribution in [0.5, 0.6) is 0 Å². The molecule has 4 heteroatoms. The van der Waals surface area contributed by atoms with Crippen LogP contribution in [0.15, 0.2) is 0 Å². The molecule has 0 radical (unpaired) electrons. The predicted octanol–water partition coefficient (Wildman–Crippen LogP) is 2.35. The Bertz CT molecular complexity index is 236. The number of quaternary nitrogens is 1. The number of likely N-dealkylation sites (N-methyl/N-ethyl adjacent to an activating group) is 1. The first kappa shape index (κ1) is 18.4. The lowest BCUT2D eigenvalue weighted by Gasteiger charge is -2.26. The first-order valence-corrected chi connectivity index (χ1v) is 7.49. The van der Waals surface area contributed by atoms with Crippen LogP contribution in [0.3, 0.4) is 0 Å². The number of carbonyl (C=O) groups excluding carboxylic acids is 1. The van der Waals surface area contributed by atoms with Crippen LogP contribution in [-0.4, -0.2) is 56.0 Å². The molecule has 0 rings (SSSR count). The lowest BCUT2D eigenvalue weighted by atomic mass is 10.1. The van der Waals surface area contributed by atoms with E-state index in [1.54, 1.807) is 0 Å². The maximum Gasteiger partial charge on any atom is 0.308 e. The molecule has 19 heavy (non-hydrogen) atoms. The van der Waals surface area contributed by atoms with Crippen LogP contribution in [0.1, 0.15) is 51.9 Å². The second-order valence-electron chi connectivity index (χ2n) is 6.32. The minimum Gasteiger partial charge on any atom is -0.466 e. The summed E-state index contributed by atoms with van der Waals surface area (Å²) in [5.41, 5.74) is 0. The summed E-state index contributed by atoms with van der Waals surface area (Å²) in [5, 5.41) is 9.74. The molecule has 1 atom stereocenters. The van der Waals surface area contributed by atoms with Gasteiger partial charge in [0, 0.05) is 0 Å². The molecule has 0 spiro atoms. The third-order valence-corrected chi connectivity index (χ3v) is 2.92. The largest absolute Gasteiger partial charge is 0.466 e. The number of unbranched alkanes of at least 4 members (excludes halogenated alkanes) is 5. The monoisotopic (exact) mass is 274 g/mol. The van der Waals surface area contributed by atoms with Gasteiger partial charge in [0.15, 0.2) is 0 Å². The molecule has 0 aliphatic rings. The molecular formula is C15H32NO3+. The van der Waals surface area contributed by atoms with Gasteiger partial charge in [-0.1, -0.05) is 39.0 Å². The molecule has 1 unspecified atom stereocenters. The number of aliphatic hydroxyl groups is 1. The fraction of sp³-hybridized carbons (Fsp3) is 0.933. The van der Waals surface area contributed by atoms with Gasteiger partial charge in [-0.25, -0.2) is 0 Å². The van der Waals surface area contributed by atoms with E-state index in [4.69, 9.17) is 4.74 Å². The van der Waals surface area contributed by atoms with Crippen LogP contribution in [0.4, 0.5) is 0 Å².